The highest BCUT2D eigenvalue weighted by atomic mass is 16.6. The molecule has 1 heterocycles. The first-order valence-corrected chi connectivity index (χ1v) is 7.69. The maximum Gasteiger partial charge on any atom is 0.333 e. The lowest BCUT2D eigenvalue weighted by Gasteiger charge is -2.40. The molecule has 1 unspecified atom stereocenters. The molecule has 7 nitrogen and oxygen atoms in total. The summed E-state index contributed by atoms with van der Waals surface area (Å²) in [6.45, 7) is 6.36. The molecule has 1 saturated heterocycles. The van der Waals surface area contributed by atoms with Gasteiger partial charge in [0.05, 0.1) is 6.42 Å². The number of carbonyl (C=O) groups excluding carboxylic acids is 4. The molecule has 0 aromatic heterocycles. The summed E-state index contributed by atoms with van der Waals surface area (Å²) >= 11 is 0. The molecule has 2 aliphatic rings. The number of nitrogens with zero attached hydrogens (tertiary/aromatic N) is 1. The number of hydrogen-bond donors (Lipinski definition) is 0. The average Bonchev–Trinajstić information content (AvgIpc) is 2.46. The van der Waals surface area contributed by atoms with Gasteiger partial charge in [-0.25, -0.2) is 9.69 Å². The number of carbonyl (C=O) groups is 4. The van der Waals surface area contributed by atoms with E-state index in [0.29, 0.717) is 31.3 Å². The van der Waals surface area contributed by atoms with Crippen molar-refractivity contribution in [2.24, 2.45) is 5.92 Å². The van der Waals surface area contributed by atoms with Crippen LogP contribution >= 0.6 is 0 Å². The minimum atomic E-state index is -0.772. The van der Waals surface area contributed by atoms with Gasteiger partial charge in [-0.1, -0.05) is 6.58 Å². The Labute approximate surface area is 134 Å². The molecule has 1 saturated carbocycles. The minimum absolute atomic E-state index is 0.0525. The Morgan fingerprint density at radius 1 is 1.09 bits per heavy atom. The highest BCUT2D eigenvalue weighted by Gasteiger charge is 2.45. The molecule has 2 fully saturated rings. The third kappa shape index (κ3) is 3.97. The van der Waals surface area contributed by atoms with Gasteiger partial charge in [-0.2, -0.15) is 0 Å². The fraction of sp³-hybridized carbons (Fsp3) is 0.625. The maximum atomic E-state index is 12.4. The molecule has 1 atom stereocenters. The highest BCUT2D eigenvalue weighted by molar-refractivity contribution is 6.01. The van der Waals surface area contributed by atoms with E-state index in [4.69, 9.17) is 9.47 Å². The zero-order valence-electron chi connectivity index (χ0n) is 13.4. The monoisotopic (exact) mass is 323 g/mol. The Balaban J connectivity index is 1.86. The summed E-state index contributed by atoms with van der Waals surface area (Å²) in [5.74, 6) is -1.88. The molecule has 126 valence electrons. The molecular formula is C16H21NO6. The molecule has 0 aromatic rings. The van der Waals surface area contributed by atoms with Crippen LogP contribution in [-0.2, 0) is 28.7 Å². The van der Waals surface area contributed by atoms with Gasteiger partial charge in [-0.15, -0.1) is 0 Å². The van der Waals surface area contributed by atoms with Crippen molar-refractivity contribution >= 4 is 23.8 Å². The van der Waals surface area contributed by atoms with Gasteiger partial charge in [-0.3, -0.25) is 14.4 Å². The largest absolute Gasteiger partial charge is 0.459 e. The molecule has 2 amide bonds. The SMILES string of the molecule is C=C(C)C(=O)OC1CCC(C(=O)N2C(=O)CC2OC(C)=O)CC1. The predicted molar refractivity (Wildman–Crippen MR) is 78.7 cm³/mol. The second-order valence-corrected chi connectivity index (χ2v) is 6.03. The van der Waals surface area contributed by atoms with Crippen molar-refractivity contribution in [3.8, 4) is 0 Å². The first kappa shape index (κ1) is 17.2. The normalized spacial score (nSPS) is 27.0. The van der Waals surface area contributed by atoms with Crippen molar-refractivity contribution in [2.45, 2.75) is 58.3 Å². The summed E-state index contributed by atoms with van der Waals surface area (Å²) < 4.78 is 10.2. The fourth-order valence-electron chi connectivity index (χ4n) is 2.81. The van der Waals surface area contributed by atoms with Crippen LogP contribution < -0.4 is 0 Å². The zero-order chi connectivity index (χ0) is 17.1. The van der Waals surface area contributed by atoms with Gasteiger partial charge in [0, 0.05) is 18.4 Å². The smallest absolute Gasteiger partial charge is 0.333 e. The van der Waals surface area contributed by atoms with E-state index >= 15 is 0 Å². The van der Waals surface area contributed by atoms with E-state index in [1.165, 1.54) is 6.92 Å². The third-order valence-electron chi connectivity index (χ3n) is 4.09. The Morgan fingerprint density at radius 3 is 2.17 bits per heavy atom. The van der Waals surface area contributed by atoms with E-state index in [9.17, 15) is 19.2 Å². The summed E-state index contributed by atoms with van der Waals surface area (Å²) in [5, 5.41) is 0. The lowest BCUT2D eigenvalue weighted by atomic mass is 9.85. The fourth-order valence-corrected chi connectivity index (χ4v) is 2.81. The van der Waals surface area contributed by atoms with Crippen molar-refractivity contribution in [3.63, 3.8) is 0 Å². The predicted octanol–water partition coefficient (Wildman–Crippen LogP) is 1.31. The third-order valence-corrected chi connectivity index (χ3v) is 4.09. The molecule has 2 rings (SSSR count). The van der Waals surface area contributed by atoms with E-state index in [1.807, 2.05) is 0 Å². The first-order valence-electron chi connectivity index (χ1n) is 7.69. The topological polar surface area (TPSA) is 90.0 Å². The first-order chi connectivity index (χ1) is 10.8. The number of rotatable bonds is 4. The van der Waals surface area contributed by atoms with Gasteiger partial charge >= 0.3 is 11.9 Å². The Kier molecular flexibility index (Phi) is 5.18. The van der Waals surface area contributed by atoms with Crippen molar-refractivity contribution in [1.82, 2.24) is 4.90 Å². The van der Waals surface area contributed by atoms with Crippen LogP contribution in [0.15, 0.2) is 12.2 Å². The van der Waals surface area contributed by atoms with Crippen molar-refractivity contribution < 1.29 is 28.7 Å². The molecular weight excluding hydrogens is 302 g/mol. The number of β-lactam (4-membered cyclic amide) rings is 1. The van der Waals surface area contributed by atoms with E-state index < -0.39 is 18.2 Å². The Morgan fingerprint density at radius 2 is 1.70 bits per heavy atom. The zero-order valence-corrected chi connectivity index (χ0v) is 13.4. The van der Waals surface area contributed by atoms with E-state index in [1.54, 1.807) is 6.92 Å². The van der Waals surface area contributed by atoms with Gasteiger partial charge in [-0.05, 0) is 32.6 Å². The minimum Gasteiger partial charge on any atom is -0.459 e. The lowest BCUT2D eigenvalue weighted by molar-refractivity contribution is -0.188. The van der Waals surface area contributed by atoms with Crippen LogP contribution in [0.3, 0.4) is 0 Å². The molecule has 0 N–H and O–H groups in total. The Bertz CT molecular complexity index is 547. The second kappa shape index (κ2) is 6.93. The lowest BCUT2D eigenvalue weighted by Crippen LogP contribution is -2.59. The van der Waals surface area contributed by atoms with Crippen LogP contribution in [0.1, 0.15) is 46.0 Å². The van der Waals surface area contributed by atoms with Crippen LogP contribution in [0.5, 0.6) is 0 Å². The number of hydrogen-bond acceptors (Lipinski definition) is 6. The molecule has 0 bridgehead atoms. The standard InChI is InChI=1S/C16H21NO6/c1-9(2)16(21)23-12-6-4-11(5-7-12)15(20)17-13(19)8-14(17)22-10(3)18/h11-12,14H,1,4-8H2,2-3H3. The quantitative estimate of drug-likeness (QED) is 0.335. The molecule has 0 aromatic carbocycles. The van der Waals surface area contributed by atoms with E-state index in [2.05, 4.69) is 6.58 Å². The van der Waals surface area contributed by atoms with Crippen molar-refractivity contribution in [2.75, 3.05) is 0 Å². The highest BCUT2D eigenvalue weighted by Crippen LogP contribution is 2.31. The van der Waals surface area contributed by atoms with Crippen LogP contribution in [0.2, 0.25) is 0 Å². The number of amides is 2. The summed E-state index contributed by atoms with van der Waals surface area (Å²) in [6, 6.07) is 0. The number of ether oxygens (including phenoxy) is 2. The summed E-state index contributed by atoms with van der Waals surface area (Å²) in [6.07, 6.45) is 1.25. The number of imide groups is 1. The van der Waals surface area contributed by atoms with Gasteiger partial charge in [0.1, 0.15) is 6.10 Å². The molecule has 23 heavy (non-hydrogen) atoms. The van der Waals surface area contributed by atoms with Crippen LogP contribution in [0.4, 0.5) is 0 Å². The van der Waals surface area contributed by atoms with Gasteiger partial charge < -0.3 is 9.47 Å². The molecule has 0 radical (unpaired) electrons. The number of likely N-dealkylation sites (tertiary alicyclic amines) is 1. The van der Waals surface area contributed by atoms with Gasteiger partial charge in [0.25, 0.3) is 0 Å². The average molecular weight is 323 g/mol. The van der Waals surface area contributed by atoms with Crippen LogP contribution in [0.25, 0.3) is 0 Å². The van der Waals surface area contributed by atoms with Crippen LogP contribution in [0, 0.1) is 5.92 Å². The van der Waals surface area contributed by atoms with Crippen molar-refractivity contribution in [1.29, 1.82) is 0 Å². The maximum absolute atomic E-state index is 12.4. The summed E-state index contributed by atoms with van der Waals surface area (Å²) in [5.41, 5.74) is 0.346. The van der Waals surface area contributed by atoms with E-state index in [-0.39, 0.29) is 30.3 Å². The summed E-state index contributed by atoms with van der Waals surface area (Å²) in [4.78, 5) is 47.5. The van der Waals surface area contributed by atoms with E-state index in [0.717, 1.165) is 4.90 Å². The molecule has 1 aliphatic carbocycles. The number of esters is 2. The molecule has 0 spiro atoms. The van der Waals surface area contributed by atoms with Crippen LogP contribution in [-0.4, -0.2) is 41.0 Å². The van der Waals surface area contributed by atoms with Crippen molar-refractivity contribution in [3.05, 3.63) is 12.2 Å². The van der Waals surface area contributed by atoms with Gasteiger partial charge in [0.2, 0.25) is 11.8 Å². The molecule has 1 aliphatic heterocycles. The second-order valence-electron chi connectivity index (χ2n) is 6.03. The van der Waals surface area contributed by atoms with Gasteiger partial charge in [0.15, 0.2) is 6.23 Å². The summed E-state index contributed by atoms with van der Waals surface area (Å²) in [7, 11) is 0. The molecule has 7 heteroatoms. The Hall–Kier alpha value is -2.18.